The Balaban J connectivity index is 2.98. The summed E-state index contributed by atoms with van der Waals surface area (Å²) >= 11 is 0. The third kappa shape index (κ3) is 1.64. The summed E-state index contributed by atoms with van der Waals surface area (Å²) in [5, 5.41) is 0. The predicted octanol–water partition coefficient (Wildman–Crippen LogP) is 2.22. The highest BCUT2D eigenvalue weighted by Crippen LogP contribution is 2.27. The molecule has 0 saturated heterocycles. The molecule has 66 valence electrons. The highest BCUT2D eigenvalue weighted by Gasteiger charge is 2.29. The lowest BCUT2D eigenvalue weighted by atomic mass is 9.92. The predicted molar refractivity (Wildman–Crippen MR) is 48.6 cm³/mol. The molecule has 0 heterocycles. The van der Waals surface area contributed by atoms with E-state index in [9.17, 15) is 4.39 Å². The Morgan fingerprint density at radius 1 is 1.33 bits per heavy atom. The molecule has 1 aromatic rings. The van der Waals surface area contributed by atoms with E-state index in [2.05, 4.69) is 0 Å². The lowest BCUT2D eigenvalue weighted by Crippen LogP contribution is -2.36. The molecule has 1 nitrogen and oxygen atoms in total. The minimum absolute atomic E-state index is 0.486. The lowest BCUT2D eigenvalue weighted by Gasteiger charge is -2.24. The Labute approximate surface area is 72.4 Å². The van der Waals surface area contributed by atoms with Crippen molar-refractivity contribution in [3.05, 3.63) is 35.9 Å². The molecule has 1 rings (SSSR count). The van der Waals surface area contributed by atoms with Crippen LogP contribution in [0, 0.1) is 0 Å². The van der Waals surface area contributed by atoms with Crippen molar-refractivity contribution in [3.8, 4) is 0 Å². The van der Waals surface area contributed by atoms with Gasteiger partial charge in [-0.25, -0.2) is 4.39 Å². The molecule has 0 radical (unpaired) electrons. The van der Waals surface area contributed by atoms with E-state index in [0.29, 0.717) is 5.56 Å². The van der Waals surface area contributed by atoms with E-state index in [4.69, 9.17) is 5.73 Å². The Morgan fingerprint density at radius 3 is 2.25 bits per heavy atom. The number of alkyl halides is 1. The third-order valence-corrected chi connectivity index (χ3v) is 2.19. The van der Waals surface area contributed by atoms with Gasteiger partial charge in [0, 0.05) is 6.04 Å². The minimum Gasteiger partial charge on any atom is -0.325 e. The maximum Gasteiger partial charge on any atom is 0.147 e. The average Bonchev–Trinajstić information content (AvgIpc) is 2.06. The van der Waals surface area contributed by atoms with Crippen LogP contribution in [-0.4, -0.2) is 6.04 Å². The highest BCUT2D eigenvalue weighted by atomic mass is 19.1. The molecule has 0 aliphatic rings. The molecule has 0 bridgehead atoms. The number of nitrogens with two attached hydrogens (primary N) is 1. The SMILES string of the molecule is C[C@H](N)[C@@](C)(F)c1ccccc1. The van der Waals surface area contributed by atoms with Gasteiger partial charge >= 0.3 is 0 Å². The van der Waals surface area contributed by atoms with Crippen LogP contribution in [0.5, 0.6) is 0 Å². The van der Waals surface area contributed by atoms with E-state index in [1.807, 2.05) is 18.2 Å². The van der Waals surface area contributed by atoms with Crippen molar-refractivity contribution in [2.45, 2.75) is 25.6 Å². The van der Waals surface area contributed by atoms with Crippen molar-refractivity contribution in [3.63, 3.8) is 0 Å². The van der Waals surface area contributed by atoms with Gasteiger partial charge in [-0.2, -0.15) is 0 Å². The maximum absolute atomic E-state index is 13.8. The Hall–Kier alpha value is -0.890. The van der Waals surface area contributed by atoms with Crippen LogP contribution in [0.3, 0.4) is 0 Å². The summed E-state index contributed by atoms with van der Waals surface area (Å²) in [7, 11) is 0. The van der Waals surface area contributed by atoms with E-state index in [-0.39, 0.29) is 0 Å². The average molecular weight is 167 g/mol. The standard InChI is InChI=1S/C10H14FN/c1-8(12)10(2,11)9-6-4-3-5-7-9/h3-8H,12H2,1-2H3/t8-,10+/m0/s1. The van der Waals surface area contributed by atoms with Crippen molar-refractivity contribution in [1.29, 1.82) is 0 Å². The van der Waals surface area contributed by atoms with E-state index in [0.717, 1.165) is 0 Å². The molecule has 0 unspecified atom stereocenters. The number of hydrogen-bond acceptors (Lipinski definition) is 1. The Kier molecular flexibility index (Phi) is 2.48. The molecule has 0 spiro atoms. The van der Waals surface area contributed by atoms with Gasteiger partial charge in [0.25, 0.3) is 0 Å². The Morgan fingerprint density at radius 2 is 1.83 bits per heavy atom. The molecule has 0 aliphatic heterocycles. The highest BCUT2D eigenvalue weighted by molar-refractivity contribution is 5.23. The number of halogens is 1. The number of benzene rings is 1. The van der Waals surface area contributed by atoms with Gasteiger partial charge in [0.15, 0.2) is 0 Å². The van der Waals surface area contributed by atoms with E-state index < -0.39 is 11.7 Å². The van der Waals surface area contributed by atoms with Gasteiger partial charge in [0.05, 0.1) is 0 Å². The van der Waals surface area contributed by atoms with E-state index in [1.165, 1.54) is 6.92 Å². The van der Waals surface area contributed by atoms with Gasteiger partial charge in [-0.1, -0.05) is 30.3 Å². The van der Waals surface area contributed by atoms with Gasteiger partial charge in [-0.05, 0) is 19.4 Å². The summed E-state index contributed by atoms with van der Waals surface area (Å²) in [4.78, 5) is 0. The van der Waals surface area contributed by atoms with Crippen LogP contribution in [0.2, 0.25) is 0 Å². The molecule has 2 heteroatoms. The van der Waals surface area contributed by atoms with Gasteiger partial charge in [0.1, 0.15) is 5.67 Å². The van der Waals surface area contributed by atoms with Gasteiger partial charge in [-0.15, -0.1) is 0 Å². The third-order valence-electron chi connectivity index (χ3n) is 2.19. The molecule has 0 fully saturated rings. The van der Waals surface area contributed by atoms with Gasteiger partial charge < -0.3 is 5.73 Å². The first kappa shape index (κ1) is 9.20. The molecule has 2 N–H and O–H groups in total. The van der Waals surface area contributed by atoms with Crippen LogP contribution in [0.1, 0.15) is 19.4 Å². The van der Waals surface area contributed by atoms with Crippen molar-refractivity contribution < 1.29 is 4.39 Å². The van der Waals surface area contributed by atoms with Gasteiger partial charge in [0.2, 0.25) is 0 Å². The monoisotopic (exact) mass is 167 g/mol. The fraction of sp³-hybridized carbons (Fsp3) is 0.400. The topological polar surface area (TPSA) is 26.0 Å². The van der Waals surface area contributed by atoms with Crippen LogP contribution in [0.25, 0.3) is 0 Å². The Bertz CT molecular complexity index is 241. The molecule has 12 heavy (non-hydrogen) atoms. The molecule has 2 atom stereocenters. The molecule has 1 aromatic carbocycles. The van der Waals surface area contributed by atoms with E-state index in [1.54, 1.807) is 19.1 Å². The molecule has 0 saturated carbocycles. The smallest absolute Gasteiger partial charge is 0.147 e. The second kappa shape index (κ2) is 3.23. The summed E-state index contributed by atoms with van der Waals surface area (Å²) in [6, 6.07) is 8.51. The second-order valence-corrected chi connectivity index (χ2v) is 3.23. The van der Waals surface area contributed by atoms with Crippen molar-refractivity contribution in [2.24, 2.45) is 5.73 Å². The lowest BCUT2D eigenvalue weighted by molar-refractivity contribution is 0.158. The zero-order chi connectivity index (χ0) is 9.19. The first-order valence-corrected chi connectivity index (χ1v) is 4.05. The van der Waals surface area contributed by atoms with Crippen molar-refractivity contribution >= 4 is 0 Å². The molecular formula is C10H14FN. The van der Waals surface area contributed by atoms with Crippen LogP contribution in [-0.2, 0) is 5.67 Å². The molecule has 0 aliphatic carbocycles. The fourth-order valence-electron chi connectivity index (χ4n) is 1.03. The maximum atomic E-state index is 13.8. The van der Waals surface area contributed by atoms with Crippen molar-refractivity contribution in [1.82, 2.24) is 0 Å². The van der Waals surface area contributed by atoms with Crippen molar-refractivity contribution in [2.75, 3.05) is 0 Å². The van der Waals surface area contributed by atoms with Gasteiger partial charge in [-0.3, -0.25) is 0 Å². The van der Waals surface area contributed by atoms with Crippen LogP contribution in [0.4, 0.5) is 4.39 Å². The zero-order valence-electron chi connectivity index (χ0n) is 7.42. The quantitative estimate of drug-likeness (QED) is 0.718. The summed E-state index contributed by atoms with van der Waals surface area (Å²) in [5.41, 5.74) is 4.74. The minimum atomic E-state index is -1.43. The summed E-state index contributed by atoms with van der Waals surface area (Å²) in [6.07, 6.45) is 0. The van der Waals surface area contributed by atoms with Crippen LogP contribution >= 0.6 is 0 Å². The zero-order valence-corrected chi connectivity index (χ0v) is 7.42. The van der Waals surface area contributed by atoms with Crippen LogP contribution < -0.4 is 5.73 Å². The number of hydrogen-bond donors (Lipinski definition) is 1. The largest absolute Gasteiger partial charge is 0.325 e. The summed E-state index contributed by atoms with van der Waals surface area (Å²) < 4.78 is 13.8. The molecule has 0 aromatic heterocycles. The number of rotatable bonds is 2. The normalized spacial score (nSPS) is 18.3. The van der Waals surface area contributed by atoms with E-state index >= 15 is 0 Å². The summed E-state index contributed by atoms with van der Waals surface area (Å²) in [5.74, 6) is 0. The summed E-state index contributed by atoms with van der Waals surface area (Å²) in [6.45, 7) is 3.18. The first-order chi connectivity index (χ1) is 5.55. The second-order valence-electron chi connectivity index (χ2n) is 3.23. The first-order valence-electron chi connectivity index (χ1n) is 4.05. The fourth-order valence-corrected chi connectivity index (χ4v) is 1.03. The molecular weight excluding hydrogens is 153 g/mol. The molecule has 0 amide bonds. The van der Waals surface area contributed by atoms with Crippen LogP contribution in [0.15, 0.2) is 30.3 Å².